The molecule has 2 aromatic heterocycles. The summed E-state index contributed by atoms with van der Waals surface area (Å²) in [7, 11) is 0. The summed E-state index contributed by atoms with van der Waals surface area (Å²) < 4.78 is 3.91. The Bertz CT molecular complexity index is 766. The lowest BCUT2D eigenvalue weighted by atomic mass is 10.0. The van der Waals surface area contributed by atoms with Gasteiger partial charge in [-0.15, -0.1) is 5.10 Å². The van der Waals surface area contributed by atoms with Gasteiger partial charge in [-0.25, -0.2) is 0 Å². The van der Waals surface area contributed by atoms with Gasteiger partial charge < -0.3 is 0 Å². The number of pyridine rings is 1. The largest absolute Gasteiger partial charge is 0.288 e. The predicted octanol–water partition coefficient (Wildman–Crippen LogP) is 3.27. The number of carbonyl (C=O) groups is 1. The van der Waals surface area contributed by atoms with Crippen molar-refractivity contribution < 1.29 is 4.79 Å². The molecule has 0 N–H and O–H groups in total. The number of nitrogens with zero attached hydrogens (tertiary/aromatic N) is 3. The van der Waals surface area contributed by atoms with E-state index >= 15 is 0 Å². The minimum absolute atomic E-state index is 0.00537. The molecule has 100 valence electrons. The van der Waals surface area contributed by atoms with Crippen LogP contribution in [0.5, 0.6) is 0 Å². The van der Waals surface area contributed by atoms with E-state index in [0.29, 0.717) is 10.4 Å². The van der Waals surface area contributed by atoms with E-state index in [1.807, 2.05) is 30.3 Å². The Morgan fingerprint density at radius 2 is 2.20 bits per heavy atom. The van der Waals surface area contributed by atoms with Gasteiger partial charge in [-0.2, -0.15) is 0 Å². The Morgan fingerprint density at radius 3 is 3.05 bits per heavy atom. The third-order valence-electron chi connectivity index (χ3n) is 3.11. The summed E-state index contributed by atoms with van der Waals surface area (Å²) in [5, 5.41) is 5.02. The fourth-order valence-electron chi connectivity index (χ4n) is 2.13. The first-order chi connectivity index (χ1) is 9.79. The highest BCUT2D eigenvalue weighted by atomic mass is 32.1. The maximum absolute atomic E-state index is 12.6. The molecule has 0 aliphatic carbocycles. The Morgan fingerprint density at radius 1 is 1.30 bits per heavy atom. The van der Waals surface area contributed by atoms with Crippen LogP contribution in [0, 0.1) is 0 Å². The number of aryl methyl sites for hydroxylation is 1. The summed E-state index contributed by atoms with van der Waals surface area (Å²) >= 11 is 1.17. The van der Waals surface area contributed by atoms with Crippen LogP contribution in [-0.4, -0.2) is 20.4 Å². The van der Waals surface area contributed by atoms with E-state index in [4.69, 9.17) is 0 Å². The van der Waals surface area contributed by atoms with Crippen molar-refractivity contribution in [1.82, 2.24) is 14.6 Å². The number of ketones is 1. The molecule has 4 nitrogen and oxygen atoms in total. The lowest BCUT2D eigenvalue weighted by Gasteiger charge is -2.02. The van der Waals surface area contributed by atoms with Crippen molar-refractivity contribution in [3.63, 3.8) is 0 Å². The van der Waals surface area contributed by atoms with E-state index in [0.717, 1.165) is 29.4 Å². The van der Waals surface area contributed by atoms with Crippen LogP contribution in [0.1, 0.15) is 34.3 Å². The first-order valence-corrected chi connectivity index (χ1v) is 7.27. The van der Waals surface area contributed by atoms with E-state index in [2.05, 4.69) is 21.5 Å². The molecule has 0 saturated heterocycles. The smallest absolute Gasteiger partial charge is 0.206 e. The van der Waals surface area contributed by atoms with Crippen LogP contribution in [0.3, 0.4) is 0 Å². The molecular weight excluding hydrogens is 270 g/mol. The second kappa shape index (κ2) is 5.46. The first-order valence-electron chi connectivity index (χ1n) is 6.50. The molecule has 0 radical (unpaired) electrons. The van der Waals surface area contributed by atoms with Gasteiger partial charge in [0.15, 0.2) is 0 Å². The normalized spacial score (nSPS) is 10.8. The average molecular weight is 283 g/mol. The van der Waals surface area contributed by atoms with Crippen molar-refractivity contribution in [2.45, 2.75) is 19.8 Å². The zero-order valence-corrected chi connectivity index (χ0v) is 11.9. The van der Waals surface area contributed by atoms with Crippen molar-refractivity contribution in [2.24, 2.45) is 0 Å². The SMILES string of the molecule is CCCc1nnsc1C(=O)c1ccc2ncccc2c1. The second-order valence-corrected chi connectivity index (χ2v) is 5.29. The fourth-order valence-corrected chi connectivity index (χ4v) is 2.80. The number of hydrogen-bond acceptors (Lipinski definition) is 5. The fraction of sp³-hybridized carbons (Fsp3) is 0.200. The summed E-state index contributed by atoms with van der Waals surface area (Å²) in [6.07, 6.45) is 3.48. The van der Waals surface area contributed by atoms with Crippen LogP contribution in [-0.2, 0) is 6.42 Å². The van der Waals surface area contributed by atoms with Crippen molar-refractivity contribution in [2.75, 3.05) is 0 Å². The highest BCUT2D eigenvalue weighted by molar-refractivity contribution is 7.08. The summed E-state index contributed by atoms with van der Waals surface area (Å²) in [5.41, 5.74) is 2.35. The van der Waals surface area contributed by atoms with E-state index in [1.54, 1.807) is 6.20 Å². The van der Waals surface area contributed by atoms with Crippen LogP contribution < -0.4 is 0 Å². The van der Waals surface area contributed by atoms with Gasteiger partial charge in [0, 0.05) is 17.1 Å². The van der Waals surface area contributed by atoms with Gasteiger partial charge in [0.05, 0.1) is 11.2 Å². The molecule has 5 heteroatoms. The van der Waals surface area contributed by atoms with Crippen molar-refractivity contribution >= 4 is 28.2 Å². The van der Waals surface area contributed by atoms with Gasteiger partial charge in [-0.1, -0.05) is 23.9 Å². The zero-order valence-electron chi connectivity index (χ0n) is 11.0. The summed E-state index contributed by atoms with van der Waals surface area (Å²) in [4.78, 5) is 17.5. The van der Waals surface area contributed by atoms with Crippen molar-refractivity contribution in [3.8, 4) is 0 Å². The number of benzene rings is 1. The van der Waals surface area contributed by atoms with E-state index in [1.165, 1.54) is 11.5 Å². The van der Waals surface area contributed by atoms with Crippen molar-refractivity contribution in [3.05, 3.63) is 52.7 Å². The summed E-state index contributed by atoms with van der Waals surface area (Å²) in [6, 6.07) is 9.38. The van der Waals surface area contributed by atoms with Gasteiger partial charge in [0.1, 0.15) is 4.88 Å². The lowest BCUT2D eigenvalue weighted by molar-refractivity contribution is 0.104. The predicted molar refractivity (Wildman–Crippen MR) is 79.1 cm³/mol. The second-order valence-electron chi connectivity index (χ2n) is 4.54. The lowest BCUT2D eigenvalue weighted by Crippen LogP contribution is -2.03. The molecular formula is C15H13N3OS. The Balaban J connectivity index is 2.01. The molecule has 20 heavy (non-hydrogen) atoms. The maximum Gasteiger partial charge on any atom is 0.206 e. The molecule has 0 unspecified atom stereocenters. The molecule has 0 aliphatic rings. The Labute approximate surface area is 120 Å². The molecule has 0 amide bonds. The van der Waals surface area contributed by atoms with Gasteiger partial charge in [-0.05, 0) is 42.2 Å². The quantitative estimate of drug-likeness (QED) is 0.690. The molecule has 0 spiro atoms. The third kappa shape index (κ3) is 2.32. The van der Waals surface area contributed by atoms with Gasteiger partial charge in [0.2, 0.25) is 5.78 Å². The Hall–Kier alpha value is -2.14. The highest BCUT2D eigenvalue weighted by Gasteiger charge is 2.17. The summed E-state index contributed by atoms with van der Waals surface area (Å²) in [5.74, 6) is -0.00537. The standard InChI is InChI=1S/C15H13N3OS/c1-2-4-13-15(20-18-17-13)14(19)11-6-7-12-10(9-11)5-3-8-16-12/h3,5-9H,2,4H2,1H3. The van der Waals surface area contributed by atoms with Gasteiger partial charge >= 0.3 is 0 Å². The molecule has 0 bridgehead atoms. The van der Waals surface area contributed by atoms with Gasteiger partial charge in [-0.3, -0.25) is 9.78 Å². The number of hydrogen-bond donors (Lipinski definition) is 0. The first kappa shape index (κ1) is 12.9. The van der Waals surface area contributed by atoms with Crippen LogP contribution in [0.15, 0.2) is 36.5 Å². The number of aromatic nitrogens is 3. The van der Waals surface area contributed by atoms with Gasteiger partial charge in [0.25, 0.3) is 0 Å². The highest BCUT2D eigenvalue weighted by Crippen LogP contribution is 2.20. The monoisotopic (exact) mass is 283 g/mol. The molecule has 1 aromatic carbocycles. The van der Waals surface area contributed by atoms with Crippen LogP contribution >= 0.6 is 11.5 Å². The zero-order chi connectivity index (χ0) is 13.9. The summed E-state index contributed by atoms with van der Waals surface area (Å²) in [6.45, 7) is 2.06. The molecule has 0 saturated carbocycles. The number of rotatable bonds is 4. The topological polar surface area (TPSA) is 55.7 Å². The minimum Gasteiger partial charge on any atom is -0.288 e. The molecule has 0 fully saturated rings. The minimum atomic E-state index is -0.00537. The molecule has 3 rings (SSSR count). The number of carbonyl (C=O) groups excluding carboxylic acids is 1. The van der Waals surface area contributed by atoms with E-state index in [-0.39, 0.29) is 5.78 Å². The molecule has 2 heterocycles. The number of fused-ring (bicyclic) bond motifs is 1. The van der Waals surface area contributed by atoms with E-state index < -0.39 is 0 Å². The van der Waals surface area contributed by atoms with Crippen molar-refractivity contribution in [1.29, 1.82) is 0 Å². The molecule has 0 aliphatic heterocycles. The van der Waals surface area contributed by atoms with E-state index in [9.17, 15) is 4.79 Å². The van der Waals surface area contributed by atoms with Crippen LogP contribution in [0.4, 0.5) is 0 Å². The maximum atomic E-state index is 12.6. The van der Waals surface area contributed by atoms with Crippen LogP contribution in [0.25, 0.3) is 10.9 Å². The average Bonchev–Trinajstić information content (AvgIpc) is 2.94. The Kier molecular flexibility index (Phi) is 3.52. The van der Waals surface area contributed by atoms with Crippen LogP contribution in [0.2, 0.25) is 0 Å². The third-order valence-corrected chi connectivity index (χ3v) is 3.88. The molecule has 3 aromatic rings. The molecule has 0 atom stereocenters.